The molecular formula is C14H25N3O2. The van der Waals surface area contributed by atoms with Gasteiger partial charge in [0.05, 0.1) is 13.2 Å². The lowest BCUT2D eigenvalue weighted by Gasteiger charge is -2.36. The first-order chi connectivity index (χ1) is 9.22. The predicted molar refractivity (Wildman–Crippen MR) is 75.1 cm³/mol. The van der Waals surface area contributed by atoms with E-state index in [0.29, 0.717) is 31.7 Å². The van der Waals surface area contributed by atoms with Gasteiger partial charge in [-0.2, -0.15) is 0 Å². The van der Waals surface area contributed by atoms with Crippen LogP contribution in [-0.4, -0.2) is 68.3 Å². The third-order valence-corrected chi connectivity index (χ3v) is 4.08. The summed E-state index contributed by atoms with van der Waals surface area (Å²) in [7, 11) is 2.13. The van der Waals surface area contributed by atoms with Crippen molar-refractivity contribution < 1.29 is 9.53 Å². The molecule has 2 amide bonds. The van der Waals surface area contributed by atoms with E-state index >= 15 is 0 Å². The largest absolute Gasteiger partial charge is 0.376 e. The molecule has 19 heavy (non-hydrogen) atoms. The van der Waals surface area contributed by atoms with Gasteiger partial charge in [0.2, 0.25) is 0 Å². The number of likely N-dealkylation sites (N-methyl/N-ethyl adjacent to an activating group) is 1. The number of hydrogen-bond donors (Lipinski definition) is 1. The number of ether oxygens (including phenoxy) is 1. The summed E-state index contributed by atoms with van der Waals surface area (Å²) in [6.07, 6.45) is 4.08. The quantitative estimate of drug-likeness (QED) is 0.595. The molecule has 0 aromatic rings. The molecule has 0 spiro atoms. The van der Waals surface area contributed by atoms with Crippen LogP contribution in [0.15, 0.2) is 12.7 Å². The van der Waals surface area contributed by atoms with E-state index in [0.717, 1.165) is 26.1 Å². The van der Waals surface area contributed by atoms with Gasteiger partial charge in [-0.15, -0.1) is 6.58 Å². The zero-order chi connectivity index (χ0) is 13.7. The van der Waals surface area contributed by atoms with Crippen molar-refractivity contribution in [2.75, 3.05) is 46.4 Å². The molecule has 1 N–H and O–H groups in total. The molecule has 2 aliphatic rings. The lowest BCUT2D eigenvalue weighted by Crippen LogP contribution is -2.51. The molecule has 2 fully saturated rings. The summed E-state index contributed by atoms with van der Waals surface area (Å²) < 4.78 is 5.26. The first kappa shape index (κ1) is 14.3. The van der Waals surface area contributed by atoms with Gasteiger partial charge < -0.3 is 19.9 Å². The van der Waals surface area contributed by atoms with E-state index in [-0.39, 0.29) is 6.03 Å². The lowest BCUT2D eigenvalue weighted by molar-refractivity contribution is 0.126. The summed E-state index contributed by atoms with van der Waals surface area (Å²) in [4.78, 5) is 16.5. The lowest BCUT2D eigenvalue weighted by atomic mass is 9.92. The Hall–Kier alpha value is -1.07. The summed E-state index contributed by atoms with van der Waals surface area (Å²) >= 11 is 0. The second-order valence-corrected chi connectivity index (χ2v) is 5.46. The molecule has 5 nitrogen and oxygen atoms in total. The minimum absolute atomic E-state index is 0.0602. The minimum atomic E-state index is 0.0602. The van der Waals surface area contributed by atoms with Crippen LogP contribution in [0.1, 0.15) is 12.8 Å². The number of amides is 2. The van der Waals surface area contributed by atoms with Crippen LogP contribution in [0, 0.1) is 5.92 Å². The Morgan fingerprint density at radius 3 is 3.05 bits per heavy atom. The number of hydrogen-bond acceptors (Lipinski definition) is 3. The number of carbonyl (C=O) groups excluding carboxylic acids is 1. The molecule has 0 aromatic carbocycles. The first-order valence-corrected chi connectivity index (χ1v) is 7.14. The van der Waals surface area contributed by atoms with E-state index in [1.54, 1.807) is 6.08 Å². The van der Waals surface area contributed by atoms with Crippen LogP contribution in [0.5, 0.6) is 0 Å². The van der Waals surface area contributed by atoms with Crippen LogP contribution >= 0.6 is 0 Å². The molecule has 2 saturated heterocycles. The number of fused-ring (bicyclic) bond motifs is 1. The number of rotatable bonds is 5. The van der Waals surface area contributed by atoms with E-state index in [2.05, 4.69) is 23.8 Å². The zero-order valence-electron chi connectivity index (χ0n) is 11.8. The Labute approximate surface area is 115 Å². The van der Waals surface area contributed by atoms with E-state index in [1.165, 1.54) is 6.42 Å². The van der Waals surface area contributed by atoms with Gasteiger partial charge in [0.1, 0.15) is 0 Å². The van der Waals surface area contributed by atoms with E-state index in [4.69, 9.17) is 4.74 Å². The van der Waals surface area contributed by atoms with Crippen LogP contribution in [0.25, 0.3) is 0 Å². The molecule has 0 unspecified atom stereocenters. The highest BCUT2D eigenvalue weighted by Crippen LogP contribution is 2.30. The summed E-state index contributed by atoms with van der Waals surface area (Å²) in [6.45, 7) is 8.28. The number of nitrogens with one attached hydrogen (secondary N) is 1. The Morgan fingerprint density at radius 1 is 1.47 bits per heavy atom. The standard InChI is InChI=1S/C14H25N3O2/c1-3-9-19-10-6-15-14(18)17-8-5-12-4-7-16(2)11-13(12)17/h3,12-13H,1,4-11H2,2H3,(H,15,18)/t12-,13+/m1/s1. The van der Waals surface area contributed by atoms with Gasteiger partial charge in [-0.3, -0.25) is 0 Å². The normalized spacial score (nSPS) is 27.1. The molecule has 2 atom stereocenters. The van der Waals surface area contributed by atoms with E-state index in [1.807, 2.05) is 4.90 Å². The third-order valence-electron chi connectivity index (χ3n) is 4.08. The van der Waals surface area contributed by atoms with Crippen LogP contribution in [0.4, 0.5) is 4.79 Å². The van der Waals surface area contributed by atoms with Crippen molar-refractivity contribution >= 4 is 6.03 Å². The average molecular weight is 267 g/mol. The fourth-order valence-corrected chi connectivity index (χ4v) is 3.05. The second-order valence-electron chi connectivity index (χ2n) is 5.46. The van der Waals surface area contributed by atoms with E-state index in [9.17, 15) is 4.79 Å². The van der Waals surface area contributed by atoms with Gasteiger partial charge >= 0.3 is 6.03 Å². The number of piperidine rings is 1. The SMILES string of the molecule is C=CCOCCNC(=O)N1CC[C@H]2CCN(C)C[C@@H]21. The van der Waals surface area contributed by atoms with Gasteiger partial charge in [-0.25, -0.2) is 4.79 Å². The van der Waals surface area contributed by atoms with Crippen molar-refractivity contribution in [3.8, 4) is 0 Å². The van der Waals surface area contributed by atoms with Crippen LogP contribution in [-0.2, 0) is 4.74 Å². The van der Waals surface area contributed by atoms with Crippen molar-refractivity contribution in [2.24, 2.45) is 5.92 Å². The monoisotopic (exact) mass is 267 g/mol. The van der Waals surface area contributed by atoms with Crippen LogP contribution in [0.2, 0.25) is 0 Å². The molecule has 2 rings (SSSR count). The average Bonchev–Trinajstić information content (AvgIpc) is 2.81. The van der Waals surface area contributed by atoms with Gasteiger partial charge in [0.25, 0.3) is 0 Å². The van der Waals surface area contributed by atoms with Gasteiger partial charge in [0, 0.05) is 25.7 Å². The molecule has 0 aromatic heterocycles. The van der Waals surface area contributed by atoms with Gasteiger partial charge in [0.15, 0.2) is 0 Å². The molecule has 2 aliphatic heterocycles. The van der Waals surface area contributed by atoms with Crippen molar-refractivity contribution in [2.45, 2.75) is 18.9 Å². The summed E-state index contributed by atoms with van der Waals surface area (Å²) in [6, 6.07) is 0.456. The fourth-order valence-electron chi connectivity index (χ4n) is 3.05. The maximum Gasteiger partial charge on any atom is 0.317 e. The predicted octanol–water partition coefficient (Wildman–Crippen LogP) is 0.925. The summed E-state index contributed by atoms with van der Waals surface area (Å²) in [5.41, 5.74) is 0. The minimum Gasteiger partial charge on any atom is -0.376 e. The van der Waals surface area contributed by atoms with E-state index < -0.39 is 0 Å². The topological polar surface area (TPSA) is 44.8 Å². The third kappa shape index (κ3) is 3.70. The molecule has 0 radical (unpaired) electrons. The van der Waals surface area contributed by atoms with Crippen molar-refractivity contribution in [3.05, 3.63) is 12.7 Å². The number of nitrogens with zero attached hydrogens (tertiary/aromatic N) is 2. The zero-order valence-corrected chi connectivity index (χ0v) is 11.8. The highest BCUT2D eigenvalue weighted by atomic mass is 16.5. The Bertz CT molecular complexity index is 322. The number of likely N-dealkylation sites (tertiary alicyclic amines) is 2. The highest BCUT2D eigenvalue weighted by Gasteiger charge is 2.39. The first-order valence-electron chi connectivity index (χ1n) is 7.14. The summed E-state index contributed by atoms with van der Waals surface area (Å²) in [5.74, 6) is 0.693. The van der Waals surface area contributed by atoms with Crippen molar-refractivity contribution in [3.63, 3.8) is 0 Å². The molecule has 0 aliphatic carbocycles. The second kappa shape index (κ2) is 6.91. The van der Waals surface area contributed by atoms with Gasteiger partial charge in [-0.1, -0.05) is 6.08 Å². The maximum absolute atomic E-state index is 12.2. The molecule has 5 heteroatoms. The molecule has 108 valence electrons. The van der Waals surface area contributed by atoms with Crippen molar-refractivity contribution in [1.82, 2.24) is 15.1 Å². The Kier molecular flexibility index (Phi) is 5.22. The molecule has 0 saturated carbocycles. The Balaban J connectivity index is 1.74. The van der Waals surface area contributed by atoms with Crippen LogP contribution in [0.3, 0.4) is 0 Å². The Morgan fingerprint density at radius 2 is 2.26 bits per heavy atom. The number of urea groups is 1. The van der Waals surface area contributed by atoms with Gasteiger partial charge in [-0.05, 0) is 32.4 Å². The molecule has 2 heterocycles. The number of carbonyl (C=O) groups is 1. The fraction of sp³-hybridized carbons (Fsp3) is 0.786. The van der Waals surface area contributed by atoms with Crippen molar-refractivity contribution in [1.29, 1.82) is 0 Å². The van der Waals surface area contributed by atoms with Crippen LogP contribution < -0.4 is 5.32 Å². The highest BCUT2D eigenvalue weighted by molar-refractivity contribution is 5.75. The molecular weight excluding hydrogens is 242 g/mol. The molecule has 0 bridgehead atoms. The smallest absolute Gasteiger partial charge is 0.317 e. The maximum atomic E-state index is 12.2. The summed E-state index contributed by atoms with van der Waals surface area (Å²) in [5, 5.41) is 2.94.